The monoisotopic (exact) mass is 320 g/mol. The van der Waals surface area contributed by atoms with E-state index in [-0.39, 0.29) is 11.9 Å². The summed E-state index contributed by atoms with van der Waals surface area (Å²) in [5.74, 6) is -0.119. The van der Waals surface area contributed by atoms with Gasteiger partial charge >= 0.3 is 5.97 Å². The molecule has 0 amide bonds. The van der Waals surface area contributed by atoms with Gasteiger partial charge in [0.2, 0.25) is 0 Å². The Bertz CT molecular complexity index is 453. The maximum atomic E-state index is 11.4. The molecular weight excluding hydrogens is 292 g/mol. The van der Waals surface area contributed by atoms with Crippen LogP contribution in [0.2, 0.25) is 0 Å². The lowest BCUT2D eigenvalue weighted by Crippen LogP contribution is -2.04. The average molecular weight is 320 g/mol. The Kier molecular flexibility index (Phi) is 9.96. The summed E-state index contributed by atoms with van der Waals surface area (Å²) < 4.78 is 10.2. The number of hydrogen-bond donors (Lipinski definition) is 0. The van der Waals surface area contributed by atoms with Crippen LogP contribution >= 0.6 is 0 Å². The first kappa shape index (κ1) is 19.4. The van der Waals surface area contributed by atoms with Gasteiger partial charge in [0.15, 0.2) is 0 Å². The summed E-state index contributed by atoms with van der Waals surface area (Å²) in [6.45, 7) is 3.76. The van der Waals surface area contributed by atoms with Crippen molar-refractivity contribution >= 4 is 12.3 Å². The van der Waals surface area contributed by atoms with Crippen molar-refractivity contribution in [3.8, 4) is 0 Å². The largest absolute Gasteiger partial charge is 0.465 e. The minimum absolute atomic E-state index is 0.218. The van der Waals surface area contributed by atoms with Crippen molar-refractivity contribution in [3.05, 3.63) is 35.4 Å². The quantitative estimate of drug-likeness (QED) is 0.330. The Labute approximate surface area is 139 Å². The third-order valence-corrected chi connectivity index (χ3v) is 3.87. The number of rotatable bonds is 12. The zero-order chi connectivity index (χ0) is 16.9. The molecule has 1 unspecified atom stereocenters. The minimum atomic E-state index is -0.337. The number of methoxy groups -OCH3 is 1. The van der Waals surface area contributed by atoms with Crippen molar-refractivity contribution in [2.45, 2.75) is 51.4 Å². The van der Waals surface area contributed by atoms with Gasteiger partial charge in [0, 0.05) is 19.6 Å². The van der Waals surface area contributed by atoms with Gasteiger partial charge in [0.1, 0.15) is 6.29 Å². The third-order valence-electron chi connectivity index (χ3n) is 3.87. The van der Waals surface area contributed by atoms with Gasteiger partial charge in [0.25, 0.3) is 0 Å². The zero-order valence-electron chi connectivity index (χ0n) is 14.3. The molecular formula is C19H28O4. The van der Waals surface area contributed by atoms with Crippen LogP contribution in [0, 0.1) is 0 Å². The zero-order valence-corrected chi connectivity index (χ0v) is 14.3. The van der Waals surface area contributed by atoms with Crippen LogP contribution in [0.5, 0.6) is 0 Å². The van der Waals surface area contributed by atoms with Crippen molar-refractivity contribution in [3.63, 3.8) is 0 Å². The lowest BCUT2D eigenvalue weighted by molar-refractivity contribution is -0.108. The molecule has 0 bridgehead atoms. The number of esters is 1. The summed E-state index contributed by atoms with van der Waals surface area (Å²) in [4.78, 5) is 22.4. The van der Waals surface area contributed by atoms with Crippen molar-refractivity contribution in [2.24, 2.45) is 0 Å². The molecule has 0 spiro atoms. The predicted octanol–water partition coefficient (Wildman–Crippen LogP) is 4.13. The fourth-order valence-corrected chi connectivity index (χ4v) is 2.56. The smallest absolute Gasteiger partial charge is 0.337 e. The fraction of sp³-hybridized carbons (Fsp3) is 0.579. The molecule has 0 heterocycles. The third kappa shape index (κ3) is 7.42. The van der Waals surface area contributed by atoms with Crippen LogP contribution in [0.25, 0.3) is 0 Å². The Balaban J connectivity index is 2.44. The number of ether oxygens (including phenoxy) is 2. The molecule has 128 valence electrons. The topological polar surface area (TPSA) is 52.6 Å². The summed E-state index contributed by atoms with van der Waals surface area (Å²) >= 11 is 0. The lowest BCUT2D eigenvalue weighted by atomic mass is 9.90. The molecule has 4 nitrogen and oxygen atoms in total. The molecule has 1 aromatic carbocycles. The number of carbonyl (C=O) groups excluding carboxylic acids is 2. The number of benzene rings is 1. The molecule has 23 heavy (non-hydrogen) atoms. The van der Waals surface area contributed by atoms with Crippen LogP contribution in [-0.4, -0.2) is 32.6 Å². The second-order valence-electron chi connectivity index (χ2n) is 5.67. The molecule has 1 atom stereocenters. The van der Waals surface area contributed by atoms with E-state index in [0.29, 0.717) is 12.0 Å². The Morgan fingerprint density at radius 3 is 2.48 bits per heavy atom. The van der Waals surface area contributed by atoms with Crippen LogP contribution in [0.1, 0.15) is 67.3 Å². The van der Waals surface area contributed by atoms with E-state index >= 15 is 0 Å². The average Bonchev–Trinajstić information content (AvgIpc) is 2.59. The Morgan fingerprint density at radius 1 is 1.13 bits per heavy atom. The summed E-state index contributed by atoms with van der Waals surface area (Å²) in [6, 6.07) is 7.37. The van der Waals surface area contributed by atoms with Gasteiger partial charge in [-0.05, 0) is 42.9 Å². The highest BCUT2D eigenvalue weighted by atomic mass is 16.5. The summed E-state index contributed by atoms with van der Waals surface area (Å²) in [6.07, 6.45) is 6.78. The normalized spacial score (nSPS) is 11.9. The molecule has 0 aliphatic rings. The van der Waals surface area contributed by atoms with Gasteiger partial charge in [0.05, 0.1) is 12.7 Å². The molecule has 0 aromatic heterocycles. The second-order valence-corrected chi connectivity index (χ2v) is 5.67. The van der Waals surface area contributed by atoms with E-state index in [2.05, 4.69) is 6.92 Å². The minimum Gasteiger partial charge on any atom is -0.465 e. The van der Waals surface area contributed by atoms with Gasteiger partial charge in [-0.3, -0.25) is 0 Å². The first-order valence-electron chi connectivity index (χ1n) is 8.42. The highest BCUT2D eigenvalue weighted by Gasteiger charge is 2.12. The Morgan fingerprint density at radius 2 is 1.87 bits per heavy atom. The molecule has 4 heteroatoms. The van der Waals surface area contributed by atoms with Crippen molar-refractivity contribution < 1.29 is 19.1 Å². The van der Waals surface area contributed by atoms with Gasteiger partial charge in [-0.25, -0.2) is 4.79 Å². The molecule has 0 saturated carbocycles. The number of carbonyl (C=O) groups is 2. The molecule has 0 aliphatic carbocycles. The maximum absolute atomic E-state index is 11.4. The Hall–Kier alpha value is -1.68. The van der Waals surface area contributed by atoms with E-state index in [9.17, 15) is 9.59 Å². The highest BCUT2D eigenvalue weighted by Crippen LogP contribution is 2.25. The van der Waals surface area contributed by atoms with Gasteiger partial charge in [-0.15, -0.1) is 0 Å². The number of aldehydes is 1. The summed E-state index contributed by atoms with van der Waals surface area (Å²) in [5.41, 5.74) is 1.64. The van der Waals surface area contributed by atoms with E-state index in [1.54, 1.807) is 12.1 Å². The molecule has 0 aliphatic heterocycles. The maximum Gasteiger partial charge on any atom is 0.337 e. The lowest BCUT2D eigenvalue weighted by Gasteiger charge is -2.15. The van der Waals surface area contributed by atoms with Gasteiger partial charge < -0.3 is 14.3 Å². The van der Waals surface area contributed by atoms with Crippen molar-refractivity contribution in [1.29, 1.82) is 0 Å². The molecule has 1 aromatic rings. The van der Waals surface area contributed by atoms with Gasteiger partial charge in [-0.1, -0.05) is 31.9 Å². The number of unbranched alkanes of at least 4 members (excludes halogenated alkanes) is 2. The molecule has 0 N–H and O–H groups in total. The number of hydrogen-bond acceptors (Lipinski definition) is 4. The fourth-order valence-electron chi connectivity index (χ4n) is 2.56. The van der Waals surface area contributed by atoms with Crippen molar-refractivity contribution in [1.82, 2.24) is 0 Å². The first-order chi connectivity index (χ1) is 11.2. The van der Waals surface area contributed by atoms with Crippen LogP contribution in [0.15, 0.2) is 24.3 Å². The molecule has 1 rings (SSSR count). The predicted molar refractivity (Wildman–Crippen MR) is 90.8 cm³/mol. The van der Waals surface area contributed by atoms with Crippen LogP contribution in [0.3, 0.4) is 0 Å². The van der Waals surface area contributed by atoms with E-state index in [0.717, 1.165) is 57.2 Å². The standard InChI is InChI=1S/C19H28O4/c1-3-14-23-15-6-4-5-7-16(12-13-20)17-8-10-18(11-9-17)19(21)22-2/h8-11,13,16H,3-7,12,14-15H2,1-2H3. The van der Waals surface area contributed by atoms with E-state index < -0.39 is 0 Å². The summed E-state index contributed by atoms with van der Waals surface area (Å²) in [5, 5.41) is 0. The van der Waals surface area contributed by atoms with Crippen LogP contribution in [0.4, 0.5) is 0 Å². The van der Waals surface area contributed by atoms with Crippen molar-refractivity contribution in [2.75, 3.05) is 20.3 Å². The second kappa shape index (κ2) is 11.8. The van der Waals surface area contributed by atoms with E-state index in [1.165, 1.54) is 7.11 Å². The van der Waals surface area contributed by atoms with E-state index in [1.807, 2.05) is 12.1 Å². The molecule has 0 radical (unpaired) electrons. The van der Waals surface area contributed by atoms with Crippen LogP contribution in [-0.2, 0) is 14.3 Å². The molecule has 0 saturated heterocycles. The van der Waals surface area contributed by atoms with Gasteiger partial charge in [-0.2, -0.15) is 0 Å². The molecule has 0 fully saturated rings. The van der Waals surface area contributed by atoms with Crippen LogP contribution < -0.4 is 0 Å². The first-order valence-corrected chi connectivity index (χ1v) is 8.42. The SMILES string of the molecule is CCCOCCCCCC(CC=O)c1ccc(C(=O)OC)cc1. The van der Waals surface area contributed by atoms with E-state index in [4.69, 9.17) is 9.47 Å². The highest BCUT2D eigenvalue weighted by molar-refractivity contribution is 5.89. The summed E-state index contributed by atoms with van der Waals surface area (Å²) in [7, 11) is 1.37.